The Balaban J connectivity index is 1.66. The lowest BCUT2D eigenvalue weighted by Gasteiger charge is -2.22. The molecule has 2 amide bonds. The zero-order valence-electron chi connectivity index (χ0n) is 17.8. The van der Waals surface area contributed by atoms with Crippen LogP contribution < -0.4 is 15.4 Å². The molecule has 162 valence electrons. The van der Waals surface area contributed by atoms with E-state index < -0.39 is 12.0 Å². The molecule has 0 aliphatic carbocycles. The number of urea groups is 1. The van der Waals surface area contributed by atoms with Crippen molar-refractivity contribution in [3.63, 3.8) is 0 Å². The average molecular weight is 423 g/mol. The largest absolute Gasteiger partial charge is 0.439 e. The molecule has 0 unspecified atom stereocenters. The van der Waals surface area contributed by atoms with E-state index in [9.17, 15) is 9.18 Å². The molecule has 0 radical (unpaired) electrons. The van der Waals surface area contributed by atoms with E-state index in [0.29, 0.717) is 17.9 Å². The van der Waals surface area contributed by atoms with Gasteiger partial charge in [0.1, 0.15) is 5.75 Å². The number of rotatable bonds is 6. The highest BCUT2D eigenvalue weighted by molar-refractivity contribution is 5.99. The minimum Gasteiger partial charge on any atom is -0.439 e. The van der Waals surface area contributed by atoms with Crippen molar-refractivity contribution in [1.29, 1.82) is 0 Å². The maximum atomic E-state index is 14.5. The summed E-state index contributed by atoms with van der Waals surface area (Å²) in [4.78, 5) is 16.0. The number of aliphatic hydroxyl groups excluding tert-OH is 1. The van der Waals surface area contributed by atoms with E-state index in [1.807, 2.05) is 24.3 Å². The predicted molar refractivity (Wildman–Crippen MR) is 119 cm³/mol. The van der Waals surface area contributed by atoms with Gasteiger partial charge in [0.15, 0.2) is 0 Å². The number of amides is 2. The Bertz CT molecular complexity index is 1050. The SMILES string of the molecule is CC(C)(C)c1ccccc1Oc1ccc(NC(=O)Nc2ccc(CCO)cc2)c(F)n1. The number of hydrogen-bond acceptors (Lipinski definition) is 4. The third kappa shape index (κ3) is 6.02. The number of para-hydroxylation sites is 1. The highest BCUT2D eigenvalue weighted by Crippen LogP contribution is 2.33. The summed E-state index contributed by atoms with van der Waals surface area (Å²) in [6.45, 7) is 6.25. The van der Waals surface area contributed by atoms with Gasteiger partial charge in [0, 0.05) is 23.9 Å². The number of carbonyl (C=O) groups excluding carboxylic acids is 1. The maximum absolute atomic E-state index is 14.5. The second-order valence-corrected chi connectivity index (χ2v) is 8.09. The first-order chi connectivity index (χ1) is 14.8. The number of aromatic nitrogens is 1. The molecule has 1 aromatic heterocycles. The lowest BCUT2D eigenvalue weighted by Crippen LogP contribution is -2.20. The summed E-state index contributed by atoms with van der Waals surface area (Å²) in [5.74, 6) is -0.149. The van der Waals surface area contributed by atoms with E-state index in [4.69, 9.17) is 9.84 Å². The molecule has 3 rings (SSSR count). The zero-order valence-corrected chi connectivity index (χ0v) is 17.8. The van der Waals surface area contributed by atoms with E-state index in [2.05, 4.69) is 36.4 Å². The molecule has 1 heterocycles. The summed E-state index contributed by atoms with van der Waals surface area (Å²) in [6, 6.07) is 16.9. The minimum absolute atomic E-state index is 0.0566. The number of nitrogens with zero attached hydrogens (tertiary/aromatic N) is 1. The van der Waals surface area contributed by atoms with Gasteiger partial charge in [-0.1, -0.05) is 51.1 Å². The van der Waals surface area contributed by atoms with E-state index in [0.717, 1.165) is 11.1 Å². The zero-order chi connectivity index (χ0) is 22.4. The number of hydrogen-bond donors (Lipinski definition) is 3. The van der Waals surface area contributed by atoms with Crippen LogP contribution >= 0.6 is 0 Å². The number of carbonyl (C=O) groups is 1. The number of pyridine rings is 1. The number of benzene rings is 2. The van der Waals surface area contributed by atoms with Crippen LogP contribution in [0.4, 0.5) is 20.6 Å². The molecule has 0 saturated heterocycles. The molecule has 3 aromatic rings. The van der Waals surface area contributed by atoms with Crippen LogP contribution in [0.1, 0.15) is 31.9 Å². The van der Waals surface area contributed by atoms with Crippen molar-refractivity contribution in [2.45, 2.75) is 32.6 Å². The lowest BCUT2D eigenvalue weighted by molar-refractivity contribution is 0.262. The van der Waals surface area contributed by atoms with Crippen molar-refractivity contribution in [3.05, 3.63) is 77.7 Å². The minimum atomic E-state index is -0.848. The second kappa shape index (κ2) is 9.57. The molecule has 6 nitrogen and oxygen atoms in total. The van der Waals surface area contributed by atoms with E-state index in [1.54, 1.807) is 24.3 Å². The fraction of sp³-hybridized carbons (Fsp3) is 0.250. The van der Waals surface area contributed by atoms with Crippen molar-refractivity contribution in [2.75, 3.05) is 17.2 Å². The number of anilines is 2. The van der Waals surface area contributed by atoms with Gasteiger partial charge in [0.05, 0.1) is 5.69 Å². The summed E-state index contributed by atoms with van der Waals surface area (Å²) in [7, 11) is 0. The molecule has 0 aliphatic heterocycles. The van der Waals surface area contributed by atoms with E-state index in [-0.39, 0.29) is 23.6 Å². The van der Waals surface area contributed by atoms with Gasteiger partial charge in [-0.2, -0.15) is 9.37 Å². The molecular formula is C24H26FN3O3. The summed E-state index contributed by atoms with van der Waals surface area (Å²) < 4.78 is 20.3. The Kier molecular flexibility index (Phi) is 6.87. The van der Waals surface area contributed by atoms with Crippen LogP contribution in [0.15, 0.2) is 60.7 Å². The molecule has 7 heteroatoms. The lowest BCUT2D eigenvalue weighted by atomic mass is 9.86. The first-order valence-electron chi connectivity index (χ1n) is 9.98. The first kappa shape index (κ1) is 22.2. The monoisotopic (exact) mass is 423 g/mol. The Labute approximate surface area is 181 Å². The van der Waals surface area contributed by atoms with E-state index in [1.165, 1.54) is 12.1 Å². The van der Waals surface area contributed by atoms with Crippen LogP contribution in [-0.2, 0) is 11.8 Å². The van der Waals surface area contributed by atoms with Crippen LogP contribution in [0, 0.1) is 5.95 Å². The number of ether oxygens (including phenoxy) is 1. The van der Waals surface area contributed by atoms with Crippen LogP contribution in [0.25, 0.3) is 0 Å². The predicted octanol–water partition coefficient (Wildman–Crippen LogP) is 5.49. The standard InChI is InChI=1S/C24H26FN3O3/c1-24(2,3)18-6-4-5-7-20(18)31-21-13-12-19(22(25)28-21)27-23(30)26-17-10-8-16(9-11-17)14-15-29/h4-13,29H,14-15H2,1-3H3,(H2,26,27,30). The summed E-state index contributed by atoms with van der Waals surface area (Å²) in [5, 5.41) is 14.0. The molecule has 0 spiro atoms. The van der Waals surface area contributed by atoms with Gasteiger partial charge in [0.2, 0.25) is 11.8 Å². The molecule has 2 aromatic carbocycles. The maximum Gasteiger partial charge on any atom is 0.323 e. The quantitative estimate of drug-likeness (QED) is 0.458. The van der Waals surface area contributed by atoms with Crippen LogP contribution in [0.2, 0.25) is 0 Å². The van der Waals surface area contributed by atoms with Crippen molar-refractivity contribution in [3.8, 4) is 11.6 Å². The normalized spacial score (nSPS) is 11.1. The summed E-state index contributed by atoms with van der Waals surface area (Å²) in [5.41, 5.74) is 2.26. The summed E-state index contributed by atoms with van der Waals surface area (Å²) >= 11 is 0. The second-order valence-electron chi connectivity index (χ2n) is 8.09. The Morgan fingerprint density at radius 2 is 1.74 bits per heavy atom. The molecule has 0 aliphatic rings. The Morgan fingerprint density at radius 1 is 1.03 bits per heavy atom. The smallest absolute Gasteiger partial charge is 0.323 e. The number of halogens is 1. The fourth-order valence-corrected chi connectivity index (χ4v) is 3.02. The molecule has 0 fully saturated rings. The highest BCUT2D eigenvalue weighted by atomic mass is 19.1. The van der Waals surface area contributed by atoms with Crippen molar-refractivity contribution in [1.82, 2.24) is 4.98 Å². The molecule has 0 bridgehead atoms. The van der Waals surface area contributed by atoms with Crippen molar-refractivity contribution < 1.29 is 19.0 Å². The fourth-order valence-electron chi connectivity index (χ4n) is 3.02. The van der Waals surface area contributed by atoms with Gasteiger partial charge in [-0.25, -0.2) is 4.79 Å². The van der Waals surface area contributed by atoms with E-state index >= 15 is 0 Å². The Hall–Kier alpha value is -3.45. The Morgan fingerprint density at radius 3 is 2.39 bits per heavy atom. The van der Waals surface area contributed by atoms with Crippen molar-refractivity contribution in [2.24, 2.45) is 0 Å². The van der Waals surface area contributed by atoms with Crippen LogP contribution in [0.3, 0.4) is 0 Å². The van der Waals surface area contributed by atoms with Gasteiger partial charge in [-0.05, 0) is 41.7 Å². The molecule has 31 heavy (non-hydrogen) atoms. The highest BCUT2D eigenvalue weighted by Gasteiger charge is 2.19. The van der Waals surface area contributed by atoms with Gasteiger partial charge in [-0.15, -0.1) is 0 Å². The average Bonchev–Trinajstić information content (AvgIpc) is 2.71. The third-order valence-electron chi connectivity index (χ3n) is 4.59. The van der Waals surface area contributed by atoms with Crippen LogP contribution in [-0.4, -0.2) is 22.7 Å². The van der Waals surface area contributed by atoms with Gasteiger partial charge >= 0.3 is 6.03 Å². The molecular weight excluding hydrogens is 397 g/mol. The summed E-state index contributed by atoms with van der Waals surface area (Å²) in [6.07, 6.45) is 0.540. The first-order valence-corrected chi connectivity index (χ1v) is 9.98. The van der Waals surface area contributed by atoms with Crippen molar-refractivity contribution >= 4 is 17.4 Å². The topological polar surface area (TPSA) is 83.5 Å². The molecule has 0 atom stereocenters. The molecule has 0 saturated carbocycles. The van der Waals surface area contributed by atoms with Gasteiger partial charge in [-0.3, -0.25) is 0 Å². The number of aliphatic hydroxyl groups is 1. The number of nitrogens with one attached hydrogen (secondary N) is 2. The van der Waals surface area contributed by atoms with Gasteiger partial charge < -0.3 is 20.5 Å². The van der Waals surface area contributed by atoms with Gasteiger partial charge in [0.25, 0.3) is 0 Å². The molecule has 3 N–H and O–H groups in total. The van der Waals surface area contributed by atoms with Crippen LogP contribution in [0.5, 0.6) is 11.6 Å². The third-order valence-corrected chi connectivity index (χ3v) is 4.59.